The van der Waals surface area contributed by atoms with Crippen molar-refractivity contribution in [1.82, 2.24) is 5.32 Å². The maximum absolute atomic E-state index is 12.4. The van der Waals surface area contributed by atoms with Gasteiger partial charge in [-0.05, 0) is 57.2 Å². The minimum atomic E-state index is -0.280. The van der Waals surface area contributed by atoms with Crippen LogP contribution in [-0.4, -0.2) is 37.5 Å². The van der Waals surface area contributed by atoms with Crippen molar-refractivity contribution in [2.75, 3.05) is 25.5 Å². The van der Waals surface area contributed by atoms with Crippen LogP contribution in [0.25, 0.3) is 0 Å². The summed E-state index contributed by atoms with van der Waals surface area (Å²) in [7, 11) is 1.83. The summed E-state index contributed by atoms with van der Waals surface area (Å²) < 4.78 is 0. The van der Waals surface area contributed by atoms with E-state index >= 15 is 0 Å². The van der Waals surface area contributed by atoms with Gasteiger partial charge in [0, 0.05) is 20.4 Å². The van der Waals surface area contributed by atoms with Crippen LogP contribution in [0.3, 0.4) is 0 Å². The lowest BCUT2D eigenvalue weighted by Gasteiger charge is -2.21. The Morgan fingerprint density at radius 2 is 1.61 bits per heavy atom. The van der Waals surface area contributed by atoms with Crippen LogP contribution in [-0.2, 0) is 9.59 Å². The molecule has 0 heterocycles. The van der Waals surface area contributed by atoms with Crippen molar-refractivity contribution in [3.8, 4) is 0 Å². The van der Waals surface area contributed by atoms with E-state index in [1.165, 1.54) is 0 Å². The zero-order valence-corrected chi connectivity index (χ0v) is 18.2. The van der Waals surface area contributed by atoms with E-state index in [4.69, 9.17) is 11.6 Å². The summed E-state index contributed by atoms with van der Waals surface area (Å²) in [6, 6.07) is 15.2. The topological polar surface area (TPSA) is 62.6 Å². The molecule has 0 saturated heterocycles. The van der Waals surface area contributed by atoms with Crippen molar-refractivity contribution < 1.29 is 14.5 Å². The van der Waals surface area contributed by atoms with E-state index in [1.54, 1.807) is 11.8 Å². The molecule has 2 aromatic carbocycles. The van der Waals surface area contributed by atoms with Gasteiger partial charge in [-0.25, -0.2) is 0 Å². The van der Waals surface area contributed by atoms with E-state index in [0.717, 1.165) is 20.4 Å². The number of amides is 2. The van der Waals surface area contributed by atoms with Crippen molar-refractivity contribution in [1.29, 1.82) is 0 Å². The van der Waals surface area contributed by atoms with Gasteiger partial charge in [0.25, 0.3) is 11.8 Å². The zero-order chi connectivity index (χ0) is 20.7. The van der Waals surface area contributed by atoms with Crippen LogP contribution in [0.2, 0.25) is 5.02 Å². The molecule has 1 unspecified atom stereocenters. The van der Waals surface area contributed by atoms with Gasteiger partial charge in [-0.15, -0.1) is 0 Å². The number of halogens is 1. The minimum absolute atomic E-state index is 0.0727. The number of likely N-dealkylation sites (N-methyl/N-ethyl adjacent to an activating group) is 1. The molecule has 7 heteroatoms. The van der Waals surface area contributed by atoms with Gasteiger partial charge in [0.1, 0.15) is 0 Å². The van der Waals surface area contributed by atoms with Crippen molar-refractivity contribution in [3.63, 3.8) is 0 Å². The van der Waals surface area contributed by atoms with Gasteiger partial charge < -0.3 is 15.5 Å². The fraction of sp³-hybridized carbons (Fsp3) is 0.333. The summed E-state index contributed by atoms with van der Waals surface area (Å²) in [6.45, 7) is 6.25. The Kier molecular flexibility index (Phi) is 7.92. The molecule has 28 heavy (non-hydrogen) atoms. The maximum atomic E-state index is 12.4. The number of hydrogen-bond acceptors (Lipinski definition) is 3. The molecule has 1 atom stereocenters. The fourth-order valence-electron chi connectivity index (χ4n) is 2.56. The fourth-order valence-corrected chi connectivity index (χ4v) is 3.58. The lowest BCUT2D eigenvalue weighted by Crippen LogP contribution is -3.11. The number of carbonyl (C=O) groups is 2. The van der Waals surface area contributed by atoms with Crippen LogP contribution in [0.5, 0.6) is 0 Å². The first-order valence-electron chi connectivity index (χ1n) is 9.07. The number of carbonyl (C=O) groups excluding carboxylic acids is 2. The Morgan fingerprint density at radius 1 is 1.00 bits per heavy atom. The molecule has 0 aliphatic carbocycles. The van der Waals surface area contributed by atoms with Crippen LogP contribution in [0, 0.1) is 0 Å². The average molecular weight is 421 g/mol. The molecule has 0 aromatic heterocycles. The number of para-hydroxylation sites is 1. The molecule has 2 aromatic rings. The smallest absolute Gasteiger partial charge is 0.279 e. The number of hydrogen-bond donors (Lipinski definition) is 3. The molecular weight excluding hydrogens is 394 g/mol. The van der Waals surface area contributed by atoms with Gasteiger partial charge in [-0.2, -0.15) is 0 Å². The van der Waals surface area contributed by atoms with Crippen molar-refractivity contribution in [2.45, 2.75) is 36.1 Å². The third kappa shape index (κ3) is 7.92. The molecular formula is C21H27ClN3O2S+. The van der Waals surface area contributed by atoms with Gasteiger partial charge >= 0.3 is 0 Å². The first-order valence-corrected chi connectivity index (χ1v) is 10.3. The molecule has 0 radical (unpaired) electrons. The monoisotopic (exact) mass is 420 g/mol. The van der Waals surface area contributed by atoms with Crippen LogP contribution in [0.1, 0.15) is 20.8 Å². The van der Waals surface area contributed by atoms with Crippen molar-refractivity contribution in [2.24, 2.45) is 0 Å². The predicted molar refractivity (Wildman–Crippen MR) is 115 cm³/mol. The second-order valence-corrected chi connectivity index (χ2v) is 9.26. The standard InChI is InChI=1S/C21H26ClN3O2S/c1-21(2,3)24-20(27)14-25(4)13-19(26)23-17-7-5-6-8-18(17)28-16-11-9-15(22)10-12-16/h5-12H,13-14H2,1-4H3,(H,23,26)(H,24,27)/p+1. The van der Waals surface area contributed by atoms with E-state index in [2.05, 4.69) is 10.6 Å². The third-order valence-corrected chi connectivity index (χ3v) is 4.98. The largest absolute Gasteiger partial charge is 0.347 e. The molecule has 2 rings (SSSR count). The van der Waals surface area contributed by atoms with E-state index in [9.17, 15) is 9.59 Å². The first-order chi connectivity index (χ1) is 13.1. The highest BCUT2D eigenvalue weighted by Crippen LogP contribution is 2.33. The number of rotatable bonds is 7. The highest BCUT2D eigenvalue weighted by Gasteiger charge is 2.19. The van der Waals surface area contributed by atoms with E-state index in [-0.39, 0.29) is 30.4 Å². The number of quaternary nitrogens is 1. The Bertz CT molecular complexity index is 819. The van der Waals surface area contributed by atoms with Crippen LogP contribution >= 0.6 is 23.4 Å². The third-order valence-electron chi connectivity index (χ3n) is 3.64. The normalized spacial score (nSPS) is 12.3. The van der Waals surface area contributed by atoms with E-state index < -0.39 is 0 Å². The zero-order valence-electron chi connectivity index (χ0n) is 16.6. The number of benzene rings is 2. The lowest BCUT2D eigenvalue weighted by molar-refractivity contribution is -0.862. The molecule has 0 spiro atoms. The van der Waals surface area contributed by atoms with Crippen LogP contribution in [0.4, 0.5) is 5.69 Å². The summed E-state index contributed by atoms with van der Waals surface area (Å²) in [6.07, 6.45) is 0. The molecule has 3 N–H and O–H groups in total. The Labute approximate surface area is 175 Å². The molecule has 150 valence electrons. The Hall–Kier alpha value is -2.02. The van der Waals surface area contributed by atoms with Gasteiger partial charge in [0.05, 0.1) is 12.7 Å². The summed E-state index contributed by atoms with van der Waals surface area (Å²) in [5, 5.41) is 6.55. The summed E-state index contributed by atoms with van der Waals surface area (Å²) in [5.41, 5.74) is 0.469. The van der Waals surface area contributed by atoms with Gasteiger partial charge in [-0.3, -0.25) is 9.59 Å². The summed E-state index contributed by atoms with van der Waals surface area (Å²) in [4.78, 5) is 27.3. The van der Waals surface area contributed by atoms with Crippen LogP contribution in [0.15, 0.2) is 58.3 Å². The van der Waals surface area contributed by atoms with Crippen LogP contribution < -0.4 is 15.5 Å². The Morgan fingerprint density at radius 3 is 2.25 bits per heavy atom. The number of nitrogens with one attached hydrogen (secondary N) is 3. The summed E-state index contributed by atoms with van der Waals surface area (Å²) in [5.74, 6) is -0.207. The second-order valence-electron chi connectivity index (χ2n) is 7.71. The average Bonchev–Trinajstić information content (AvgIpc) is 2.56. The second kappa shape index (κ2) is 9.96. The predicted octanol–water partition coefficient (Wildman–Crippen LogP) is 2.86. The van der Waals surface area contributed by atoms with Crippen molar-refractivity contribution >= 4 is 40.9 Å². The quantitative estimate of drug-likeness (QED) is 0.645. The molecule has 0 aliphatic rings. The molecule has 0 fully saturated rings. The van der Waals surface area contributed by atoms with Gasteiger partial charge in [-0.1, -0.05) is 35.5 Å². The first kappa shape index (κ1) is 22.3. The SMILES string of the molecule is C[NH+](CC(=O)Nc1ccccc1Sc1ccc(Cl)cc1)CC(=O)NC(C)(C)C. The van der Waals surface area contributed by atoms with E-state index in [0.29, 0.717) is 5.02 Å². The van der Waals surface area contributed by atoms with Gasteiger partial charge in [0.2, 0.25) is 0 Å². The molecule has 2 amide bonds. The highest BCUT2D eigenvalue weighted by molar-refractivity contribution is 7.99. The van der Waals surface area contributed by atoms with E-state index in [1.807, 2.05) is 76.3 Å². The maximum Gasteiger partial charge on any atom is 0.279 e. The summed E-state index contributed by atoms with van der Waals surface area (Å²) >= 11 is 7.49. The molecule has 0 aliphatic heterocycles. The number of anilines is 1. The Balaban J connectivity index is 1.94. The minimum Gasteiger partial charge on any atom is -0.347 e. The highest BCUT2D eigenvalue weighted by atomic mass is 35.5. The lowest BCUT2D eigenvalue weighted by atomic mass is 10.1. The molecule has 0 bridgehead atoms. The van der Waals surface area contributed by atoms with Crippen molar-refractivity contribution in [3.05, 3.63) is 53.6 Å². The van der Waals surface area contributed by atoms with Gasteiger partial charge in [0.15, 0.2) is 13.1 Å². The molecule has 0 saturated carbocycles. The molecule has 5 nitrogen and oxygen atoms in total.